The van der Waals surface area contributed by atoms with E-state index in [9.17, 15) is 0 Å². The van der Waals surface area contributed by atoms with Crippen LogP contribution in [0.5, 0.6) is 0 Å². The summed E-state index contributed by atoms with van der Waals surface area (Å²) in [4.78, 5) is 0. The number of hydrogen-bond acceptors (Lipinski definition) is 0. The number of halogens is 2. The van der Waals surface area contributed by atoms with Crippen molar-refractivity contribution in [1.29, 1.82) is 0 Å². The Morgan fingerprint density at radius 2 is 2.22 bits per heavy atom. The van der Waals surface area contributed by atoms with Gasteiger partial charge in [0.1, 0.15) is 7.42 Å². The lowest BCUT2D eigenvalue weighted by atomic mass is 10.6. The molecule has 0 nitrogen and oxygen atoms in total. The molecule has 9 heavy (non-hydrogen) atoms. The van der Waals surface area contributed by atoms with Crippen molar-refractivity contribution in [2.45, 2.75) is 30.7 Å². The summed E-state index contributed by atoms with van der Waals surface area (Å²) < 4.78 is 0. The van der Waals surface area contributed by atoms with E-state index in [0.29, 0.717) is 0 Å². The van der Waals surface area contributed by atoms with E-state index in [0.717, 1.165) is 0 Å². The standard InChI is InChI=1S/C5H11BrClSi2/c1-2-3-9(7)4-8(6)5-9/h2-5H2,1H3. The Morgan fingerprint density at radius 3 is 2.56 bits per heavy atom. The molecule has 0 amide bonds. The summed E-state index contributed by atoms with van der Waals surface area (Å²) >= 11 is 9.99. The van der Waals surface area contributed by atoms with Crippen molar-refractivity contribution in [3.05, 3.63) is 0 Å². The molecule has 0 bridgehead atoms. The minimum atomic E-state index is -1.09. The Hall–Kier alpha value is 1.20. The van der Waals surface area contributed by atoms with Gasteiger partial charge in [0.15, 0.2) is 7.38 Å². The molecule has 0 spiro atoms. The summed E-state index contributed by atoms with van der Waals surface area (Å²) in [6, 6.07) is 1.34. The van der Waals surface area contributed by atoms with Crippen LogP contribution in [0.2, 0.25) is 17.4 Å². The molecule has 0 unspecified atom stereocenters. The van der Waals surface area contributed by atoms with Crippen molar-refractivity contribution in [1.82, 2.24) is 0 Å². The van der Waals surface area contributed by atoms with Crippen LogP contribution in [0.1, 0.15) is 13.3 Å². The zero-order valence-electron chi connectivity index (χ0n) is 5.58. The third-order valence-electron chi connectivity index (χ3n) is 1.72. The molecule has 1 aliphatic heterocycles. The molecule has 0 saturated carbocycles. The van der Waals surface area contributed by atoms with Crippen molar-refractivity contribution in [3.8, 4) is 0 Å². The summed E-state index contributed by atoms with van der Waals surface area (Å²) in [5, 5.41) is 0. The summed E-state index contributed by atoms with van der Waals surface area (Å²) in [6.07, 6.45) is 1.29. The molecule has 0 aromatic rings. The molecule has 1 heterocycles. The predicted molar refractivity (Wildman–Crippen MR) is 51.0 cm³/mol. The first kappa shape index (κ1) is 8.30. The fourth-order valence-electron chi connectivity index (χ4n) is 1.26. The van der Waals surface area contributed by atoms with Crippen molar-refractivity contribution >= 4 is 41.2 Å². The second-order valence-electron chi connectivity index (χ2n) is 2.77. The quantitative estimate of drug-likeness (QED) is 0.516. The summed E-state index contributed by atoms with van der Waals surface area (Å²) in [6.45, 7) is 2.23. The smallest absolute Gasteiger partial charge is 0.152 e. The van der Waals surface area contributed by atoms with Crippen LogP contribution in [0.4, 0.5) is 0 Å². The molecule has 1 rings (SSSR count). The van der Waals surface area contributed by atoms with Gasteiger partial charge < -0.3 is 0 Å². The Balaban J connectivity index is 2.23. The third kappa shape index (κ3) is 2.07. The van der Waals surface area contributed by atoms with Crippen molar-refractivity contribution in [3.63, 3.8) is 0 Å². The summed E-state index contributed by atoms with van der Waals surface area (Å²) in [5.41, 5.74) is 2.79. The zero-order valence-corrected chi connectivity index (χ0v) is 9.93. The lowest BCUT2D eigenvalue weighted by molar-refractivity contribution is 1.05. The molecule has 0 N–H and O–H groups in total. The Bertz CT molecular complexity index is 97.6. The SMILES string of the molecule is CCC[Si]1(Cl)C[Si](Br)C1. The number of rotatable bonds is 2. The minimum absolute atomic E-state index is 0.0792. The first-order valence-electron chi connectivity index (χ1n) is 3.35. The van der Waals surface area contributed by atoms with Gasteiger partial charge in [-0.3, -0.25) is 0 Å². The van der Waals surface area contributed by atoms with E-state index in [-0.39, 0.29) is 7.42 Å². The maximum absolute atomic E-state index is 6.34. The van der Waals surface area contributed by atoms with Crippen LogP contribution < -0.4 is 0 Å². The van der Waals surface area contributed by atoms with Gasteiger partial charge in [-0.15, -0.1) is 15.3 Å². The van der Waals surface area contributed by atoms with Gasteiger partial charge in [-0.2, -0.15) is 11.1 Å². The molecule has 53 valence electrons. The fourth-order valence-corrected chi connectivity index (χ4v) is 24.7. The van der Waals surface area contributed by atoms with E-state index in [2.05, 4.69) is 22.2 Å². The predicted octanol–water partition coefficient (Wildman–Crippen LogP) is 3.06. The summed E-state index contributed by atoms with van der Waals surface area (Å²) in [7, 11) is -1.17. The molecule has 0 aliphatic carbocycles. The van der Waals surface area contributed by atoms with E-state index in [1.165, 1.54) is 23.8 Å². The molecule has 1 saturated heterocycles. The highest BCUT2D eigenvalue weighted by atomic mass is 79.9. The van der Waals surface area contributed by atoms with Crippen molar-refractivity contribution < 1.29 is 0 Å². The Labute approximate surface area is 71.9 Å². The first-order chi connectivity index (χ1) is 4.16. The van der Waals surface area contributed by atoms with Crippen LogP contribution in [0.25, 0.3) is 0 Å². The van der Waals surface area contributed by atoms with Gasteiger partial charge in [0.05, 0.1) is 0 Å². The van der Waals surface area contributed by atoms with Gasteiger partial charge in [-0.25, -0.2) is 0 Å². The van der Waals surface area contributed by atoms with Crippen LogP contribution in [-0.2, 0) is 0 Å². The van der Waals surface area contributed by atoms with Crippen LogP contribution in [-0.4, -0.2) is 14.8 Å². The fraction of sp³-hybridized carbons (Fsp3) is 1.00. The molecule has 1 aliphatic rings. The maximum atomic E-state index is 6.34. The molecule has 0 atom stereocenters. The molecular formula is C5H11BrClSi2. The van der Waals surface area contributed by atoms with E-state index in [1.54, 1.807) is 0 Å². The Morgan fingerprint density at radius 1 is 1.67 bits per heavy atom. The molecule has 4 heteroatoms. The summed E-state index contributed by atoms with van der Waals surface area (Å²) in [5.74, 6) is 0. The molecule has 1 radical (unpaired) electrons. The van der Waals surface area contributed by atoms with Gasteiger partial charge in [0, 0.05) is 0 Å². The highest BCUT2D eigenvalue weighted by Gasteiger charge is 2.44. The highest BCUT2D eigenvalue weighted by molar-refractivity contribution is 9.24. The largest absolute Gasteiger partial charge is 0.168 e. The van der Waals surface area contributed by atoms with Gasteiger partial charge in [0.2, 0.25) is 0 Å². The maximum Gasteiger partial charge on any atom is 0.152 e. The van der Waals surface area contributed by atoms with Gasteiger partial charge in [0.25, 0.3) is 0 Å². The van der Waals surface area contributed by atoms with Crippen molar-refractivity contribution in [2.24, 2.45) is 0 Å². The molecular weight excluding hydrogens is 232 g/mol. The normalized spacial score (nSPS) is 25.7. The number of hydrogen-bond donors (Lipinski definition) is 0. The van der Waals surface area contributed by atoms with Crippen LogP contribution in [0.3, 0.4) is 0 Å². The lowest BCUT2D eigenvalue weighted by Crippen LogP contribution is -2.45. The van der Waals surface area contributed by atoms with E-state index in [4.69, 9.17) is 11.1 Å². The van der Waals surface area contributed by atoms with Gasteiger partial charge in [-0.05, 0) is 17.4 Å². The highest BCUT2D eigenvalue weighted by Crippen LogP contribution is 2.41. The first-order valence-corrected chi connectivity index (χ1v) is 11.2. The van der Waals surface area contributed by atoms with E-state index < -0.39 is 7.38 Å². The zero-order chi connectivity index (χ0) is 6.91. The van der Waals surface area contributed by atoms with Crippen LogP contribution in [0.15, 0.2) is 0 Å². The van der Waals surface area contributed by atoms with Gasteiger partial charge in [-0.1, -0.05) is 13.3 Å². The average Bonchev–Trinajstić information content (AvgIpc) is 1.62. The van der Waals surface area contributed by atoms with E-state index in [1.807, 2.05) is 0 Å². The monoisotopic (exact) mass is 241 g/mol. The topological polar surface area (TPSA) is 0 Å². The molecule has 1 fully saturated rings. The Kier molecular flexibility index (Phi) is 2.83. The molecule has 0 aromatic heterocycles. The van der Waals surface area contributed by atoms with Gasteiger partial charge >= 0.3 is 0 Å². The van der Waals surface area contributed by atoms with Crippen LogP contribution in [0, 0.1) is 0 Å². The third-order valence-corrected chi connectivity index (χ3v) is 19.3. The second kappa shape index (κ2) is 3.07. The van der Waals surface area contributed by atoms with Crippen molar-refractivity contribution in [2.75, 3.05) is 0 Å². The van der Waals surface area contributed by atoms with Crippen LogP contribution >= 0.6 is 26.4 Å². The molecule has 0 aromatic carbocycles. The average molecular weight is 243 g/mol. The second-order valence-corrected chi connectivity index (χ2v) is 15.2. The van der Waals surface area contributed by atoms with E-state index >= 15 is 0 Å². The minimum Gasteiger partial charge on any atom is -0.168 e. The lowest BCUT2D eigenvalue weighted by Gasteiger charge is -2.36.